The third kappa shape index (κ3) is 4.48. The molecule has 0 spiro atoms. The van der Waals surface area contributed by atoms with Crippen molar-refractivity contribution in [3.8, 4) is 0 Å². The Morgan fingerprint density at radius 2 is 2.06 bits per heavy atom. The maximum Gasteiger partial charge on any atom is 0.416 e. The molecule has 0 bridgehead atoms. The first kappa shape index (κ1) is 22.6. The molecule has 3 aromatic rings. The largest absolute Gasteiger partial charge is 0.416 e. The minimum Gasteiger partial charge on any atom is -0.345 e. The van der Waals surface area contributed by atoms with Gasteiger partial charge < -0.3 is 9.47 Å². The number of carbonyl (C=O) groups is 2. The van der Waals surface area contributed by atoms with Crippen LogP contribution in [0, 0.1) is 0 Å². The summed E-state index contributed by atoms with van der Waals surface area (Å²) in [6.07, 6.45) is -1.50. The normalized spacial score (nSPS) is 16.4. The van der Waals surface area contributed by atoms with Gasteiger partial charge in [-0.2, -0.15) is 13.2 Å². The lowest BCUT2D eigenvalue weighted by Gasteiger charge is -2.12. The first-order chi connectivity index (χ1) is 15.7. The van der Waals surface area contributed by atoms with Gasteiger partial charge in [0.05, 0.1) is 22.5 Å². The monoisotopic (exact) mass is 456 g/mol. The Balaban J connectivity index is 1.68. The summed E-state index contributed by atoms with van der Waals surface area (Å²) in [5.41, 5.74) is 1.18. The number of aromatic nitrogens is 2. The maximum atomic E-state index is 13.0. The quantitative estimate of drug-likeness (QED) is 0.541. The highest BCUT2D eigenvalue weighted by molar-refractivity contribution is 6.04. The van der Waals surface area contributed by atoms with Crippen molar-refractivity contribution in [1.29, 1.82) is 0 Å². The molecule has 1 aliphatic heterocycles. The van der Waals surface area contributed by atoms with Gasteiger partial charge in [0.25, 0.3) is 5.91 Å². The number of nitrogens with zero attached hydrogens (tertiary/aromatic N) is 3. The van der Waals surface area contributed by atoms with Gasteiger partial charge in [0.1, 0.15) is 0 Å². The van der Waals surface area contributed by atoms with Crippen molar-refractivity contribution in [1.82, 2.24) is 14.5 Å². The summed E-state index contributed by atoms with van der Waals surface area (Å²) < 4.78 is 40.9. The zero-order valence-electron chi connectivity index (χ0n) is 18.0. The number of aryl methyl sites for hydroxylation is 1. The standard InChI is InChI=1S/C24H23F3N4O2/c1-3-4-11-31-20-9-8-15(18-10-12-30(2)22(18)33)14-19(20)28-23(31)29-21(32)16-6-5-7-17(13-16)24(25,26)27/h3,5-9,13-14,18H,1,4,10-12H2,2H3,(H,28,29,32). The lowest BCUT2D eigenvalue weighted by atomic mass is 9.97. The molecule has 1 unspecified atom stereocenters. The topological polar surface area (TPSA) is 67.2 Å². The first-order valence-corrected chi connectivity index (χ1v) is 10.5. The van der Waals surface area contributed by atoms with Crippen molar-refractivity contribution in [3.05, 3.63) is 71.8 Å². The molecular weight excluding hydrogens is 433 g/mol. The minimum atomic E-state index is -4.55. The third-order valence-corrected chi connectivity index (χ3v) is 5.84. The van der Waals surface area contributed by atoms with E-state index in [1.54, 1.807) is 22.6 Å². The summed E-state index contributed by atoms with van der Waals surface area (Å²) in [6.45, 7) is 4.89. The van der Waals surface area contributed by atoms with Gasteiger partial charge in [-0.15, -0.1) is 6.58 Å². The van der Waals surface area contributed by atoms with E-state index in [1.165, 1.54) is 12.1 Å². The predicted octanol–water partition coefficient (Wildman–Crippen LogP) is 4.83. The first-order valence-electron chi connectivity index (χ1n) is 10.5. The average molecular weight is 456 g/mol. The fourth-order valence-electron chi connectivity index (χ4n) is 4.05. The van der Waals surface area contributed by atoms with E-state index in [2.05, 4.69) is 16.9 Å². The van der Waals surface area contributed by atoms with Gasteiger partial charge in [-0.3, -0.25) is 14.9 Å². The lowest BCUT2D eigenvalue weighted by molar-refractivity contribution is -0.137. The van der Waals surface area contributed by atoms with E-state index in [1.807, 2.05) is 18.2 Å². The molecule has 9 heteroatoms. The number of likely N-dealkylation sites (tertiary alicyclic amines) is 1. The highest BCUT2D eigenvalue weighted by Gasteiger charge is 2.32. The Morgan fingerprint density at radius 3 is 2.73 bits per heavy atom. The van der Waals surface area contributed by atoms with Gasteiger partial charge in [0.15, 0.2) is 0 Å². The fraction of sp³-hybridized carbons (Fsp3) is 0.292. The fourth-order valence-corrected chi connectivity index (χ4v) is 4.05. The molecule has 0 aliphatic carbocycles. The number of fused-ring (bicyclic) bond motifs is 1. The van der Waals surface area contributed by atoms with Crippen molar-refractivity contribution >= 4 is 28.8 Å². The number of alkyl halides is 3. The average Bonchev–Trinajstić information content (AvgIpc) is 3.30. The second kappa shape index (κ2) is 8.73. The number of hydrogen-bond acceptors (Lipinski definition) is 3. The number of allylic oxidation sites excluding steroid dienone is 1. The highest BCUT2D eigenvalue weighted by Crippen LogP contribution is 2.32. The molecule has 2 aromatic carbocycles. The van der Waals surface area contributed by atoms with Gasteiger partial charge in [0.2, 0.25) is 11.9 Å². The van der Waals surface area contributed by atoms with Crippen LogP contribution in [0.2, 0.25) is 0 Å². The van der Waals surface area contributed by atoms with E-state index < -0.39 is 17.6 Å². The van der Waals surface area contributed by atoms with E-state index in [-0.39, 0.29) is 23.3 Å². The minimum absolute atomic E-state index is 0.0542. The van der Waals surface area contributed by atoms with Gasteiger partial charge in [-0.1, -0.05) is 18.2 Å². The Bertz CT molecular complexity index is 1230. The SMILES string of the molecule is C=CCCn1c(NC(=O)c2cccc(C(F)(F)F)c2)nc2cc(C3CCN(C)C3=O)ccc21. The van der Waals surface area contributed by atoms with Crippen LogP contribution in [0.1, 0.15) is 40.2 Å². The molecule has 172 valence electrons. The van der Waals surface area contributed by atoms with Crippen molar-refractivity contribution < 1.29 is 22.8 Å². The number of anilines is 1. The molecule has 4 rings (SSSR count). The predicted molar refractivity (Wildman–Crippen MR) is 119 cm³/mol. The van der Waals surface area contributed by atoms with Crippen molar-refractivity contribution in [2.75, 3.05) is 18.9 Å². The molecular formula is C24H23F3N4O2. The van der Waals surface area contributed by atoms with E-state index >= 15 is 0 Å². The highest BCUT2D eigenvalue weighted by atomic mass is 19.4. The molecule has 2 heterocycles. The zero-order valence-corrected chi connectivity index (χ0v) is 18.0. The van der Waals surface area contributed by atoms with E-state index in [0.29, 0.717) is 25.0 Å². The van der Waals surface area contributed by atoms with Gasteiger partial charge in [-0.25, -0.2) is 4.98 Å². The van der Waals surface area contributed by atoms with E-state index in [0.717, 1.165) is 29.6 Å². The summed E-state index contributed by atoms with van der Waals surface area (Å²) in [5, 5.41) is 2.64. The smallest absolute Gasteiger partial charge is 0.345 e. The molecule has 1 saturated heterocycles. The second-order valence-corrected chi connectivity index (χ2v) is 8.05. The van der Waals surface area contributed by atoms with Crippen LogP contribution in [-0.2, 0) is 17.5 Å². The van der Waals surface area contributed by atoms with Crippen molar-refractivity contribution in [3.63, 3.8) is 0 Å². The Hall–Kier alpha value is -3.62. The summed E-state index contributed by atoms with van der Waals surface area (Å²) in [6, 6.07) is 9.82. The Morgan fingerprint density at radius 1 is 1.27 bits per heavy atom. The summed E-state index contributed by atoms with van der Waals surface area (Å²) in [7, 11) is 1.77. The number of hydrogen-bond donors (Lipinski definition) is 1. The van der Waals surface area contributed by atoms with E-state index in [4.69, 9.17) is 0 Å². The van der Waals surface area contributed by atoms with Crippen LogP contribution in [0.3, 0.4) is 0 Å². The van der Waals surface area contributed by atoms with Crippen molar-refractivity contribution in [2.45, 2.75) is 31.5 Å². The number of nitrogens with one attached hydrogen (secondary N) is 1. The van der Waals surface area contributed by atoms with Crippen LogP contribution in [0.4, 0.5) is 19.1 Å². The van der Waals surface area contributed by atoms with Crippen LogP contribution in [-0.4, -0.2) is 39.9 Å². The van der Waals surface area contributed by atoms with Gasteiger partial charge in [-0.05, 0) is 48.7 Å². The molecule has 1 atom stereocenters. The number of rotatable bonds is 6. The van der Waals surface area contributed by atoms with Crippen molar-refractivity contribution in [2.24, 2.45) is 0 Å². The molecule has 0 radical (unpaired) electrons. The van der Waals surface area contributed by atoms with Gasteiger partial charge >= 0.3 is 6.18 Å². The van der Waals surface area contributed by atoms with Crippen LogP contribution >= 0.6 is 0 Å². The van der Waals surface area contributed by atoms with Crippen LogP contribution in [0.25, 0.3) is 11.0 Å². The van der Waals surface area contributed by atoms with Crippen LogP contribution in [0.5, 0.6) is 0 Å². The maximum absolute atomic E-state index is 13.0. The molecule has 1 N–H and O–H groups in total. The Labute approximate surface area is 188 Å². The number of halogens is 3. The van der Waals surface area contributed by atoms with Crippen LogP contribution in [0.15, 0.2) is 55.1 Å². The molecule has 6 nitrogen and oxygen atoms in total. The number of carbonyl (C=O) groups excluding carboxylic acids is 2. The molecule has 2 amide bonds. The summed E-state index contributed by atoms with van der Waals surface area (Å²) in [5.74, 6) is -0.648. The molecule has 1 aliphatic rings. The lowest BCUT2D eigenvalue weighted by Crippen LogP contribution is -2.21. The molecule has 33 heavy (non-hydrogen) atoms. The number of amides is 2. The summed E-state index contributed by atoms with van der Waals surface area (Å²) in [4.78, 5) is 31.4. The molecule has 1 aromatic heterocycles. The Kier molecular flexibility index (Phi) is 5.97. The number of likely N-dealkylation sites (N-methyl/N-ethyl adjacent to an activating group) is 1. The zero-order chi connectivity index (χ0) is 23.8. The van der Waals surface area contributed by atoms with Gasteiger partial charge in [0, 0.05) is 25.7 Å². The van der Waals surface area contributed by atoms with Crippen LogP contribution < -0.4 is 5.32 Å². The second-order valence-electron chi connectivity index (χ2n) is 8.05. The third-order valence-electron chi connectivity index (χ3n) is 5.84. The number of imidazole rings is 1. The summed E-state index contributed by atoms with van der Waals surface area (Å²) >= 11 is 0. The van der Waals surface area contributed by atoms with E-state index in [9.17, 15) is 22.8 Å². The molecule has 0 saturated carbocycles. The number of benzene rings is 2. The molecule has 1 fully saturated rings.